The Morgan fingerprint density at radius 1 is 1.17 bits per heavy atom. The molecule has 1 heterocycles. The summed E-state index contributed by atoms with van der Waals surface area (Å²) in [5.41, 5.74) is -0.767. The molecule has 1 aliphatic rings. The standard InChI is InChI=1S/C20H30F3N3O3.HI/c1-24-19(26-11-8-16(9-12-26)28-14-5-13-27-2)25-10-15-29-18-7-4-3-6-17(18)20(21,22)23;/h3-4,6-7,16H,5,8-15H2,1-2H3,(H,24,25);1H. The SMILES string of the molecule is CN=C(NCCOc1ccccc1C(F)(F)F)N1CCC(OCCCOC)CC1.I. The maximum atomic E-state index is 13.0. The summed E-state index contributed by atoms with van der Waals surface area (Å²) in [5.74, 6) is 0.554. The molecule has 0 bridgehead atoms. The van der Waals surface area contributed by atoms with Gasteiger partial charge in [0.1, 0.15) is 12.4 Å². The number of rotatable bonds is 9. The van der Waals surface area contributed by atoms with Crippen LogP contribution in [0.5, 0.6) is 5.75 Å². The lowest BCUT2D eigenvalue weighted by Crippen LogP contribution is -2.47. The number of piperidine rings is 1. The molecule has 0 spiro atoms. The van der Waals surface area contributed by atoms with Gasteiger partial charge in [-0.2, -0.15) is 13.2 Å². The van der Waals surface area contributed by atoms with Crippen molar-refractivity contribution in [3.8, 4) is 5.75 Å². The van der Waals surface area contributed by atoms with Gasteiger partial charge < -0.3 is 24.4 Å². The first kappa shape index (κ1) is 26.8. The van der Waals surface area contributed by atoms with Gasteiger partial charge in [0.15, 0.2) is 5.96 Å². The number of alkyl halides is 3. The molecule has 172 valence electrons. The maximum Gasteiger partial charge on any atom is 0.419 e. The van der Waals surface area contributed by atoms with Crippen molar-refractivity contribution >= 4 is 29.9 Å². The van der Waals surface area contributed by atoms with Crippen molar-refractivity contribution in [2.24, 2.45) is 4.99 Å². The van der Waals surface area contributed by atoms with E-state index in [0.29, 0.717) is 19.8 Å². The Kier molecular flexibility index (Phi) is 12.4. The fourth-order valence-electron chi connectivity index (χ4n) is 3.17. The van der Waals surface area contributed by atoms with E-state index in [-0.39, 0.29) is 42.4 Å². The van der Waals surface area contributed by atoms with Gasteiger partial charge in [0.05, 0.1) is 18.2 Å². The molecule has 1 fully saturated rings. The van der Waals surface area contributed by atoms with Crippen LogP contribution in [0.1, 0.15) is 24.8 Å². The van der Waals surface area contributed by atoms with Gasteiger partial charge in [-0.05, 0) is 31.4 Å². The van der Waals surface area contributed by atoms with E-state index in [2.05, 4.69) is 15.2 Å². The monoisotopic (exact) mass is 545 g/mol. The van der Waals surface area contributed by atoms with Crippen LogP contribution in [-0.2, 0) is 15.7 Å². The van der Waals surface area contributed by atoms with Crippen molar-refractivity contribution in [2.45, 2.75) is 31.5 Å². The van der Waals surface area contributed by atoms with E-state index in [4.69, 9.17) is 14.2 Å². The second-order valence-electron chi connectivity index (χ2n) is 6.72. The number of para-hydroxylation sites is 1. The summed E-state index contributed by atoms with van der Waals surface area (Å²) < 4.78 is 55.2. The van der Waals surface area contributed by atoms with Gasteiger partial charge in [-0.15, -0.1) is 24.0 Å². The Morgan fingerprint density at radius 3 is 2.50 bits per heavy atom. The average Bonchev–Trinajstić information content (AvgIpc) is 2.71. The van der Waals surface area contributed by atoms with Gasteiger partial charge in [-0.1, -0.05) is 12.1 Å². The molecule has 0 amide bonds. The summed E-state index contributed by atoms with van der Waals surface area (Å²) in [5, 5.41) is 3.15. The van der Waals surface area contributed by atoms with Crippen molar-refractivity contribution in [3.63, 3.8) is 0 Å². The third-order valence-electron chi connectivity index (χ3n) is 4.63. The Morgan fingerprint density at radius 2 is 1.87 bits per heavy atom. The molecule has 1 saturated heterocycles. The number of benzene rings is 1. The Hall–Kier alpha value is -1.27. The van der Waals surface area contributed by atoms with Gasteiger partial charge in [-0.25, -0.2) is 0 Å². The minimum absolute atomic E-state index is 0. The Labute approximate surface area is 193 Å². The zero-order valence-electron chi connectivity index (χ0n) is 17.4. The number of nitrogens with zero attached hydrogens (tertiary/aromatic N) is 2. The molecule has 30 heavy (non-hydrogen) atoms. The lowest BCUT2D eigenvalue weighted by Gasteiger charge is -2.34. The summed E-state index contributed by atoms with van der Waals surface area (Å²) >= 11 is 0. The molecule has 2 rings (SSSR count). The molecule has 1 N–H and O–H groups in total. The molecule has 1 aliphatic heterocycles. The van der Waals surface area contributed by atoms with Crippen LogP contribution in [0, 0.1) is 0 Å². The Balaban J connectivity index is 0.00000450. The molecule has 0 saturated carbocycles. The van der Waals surface area contributed by atoms with Crippen LogP contribution < -0.4 is 10.1 Å². The van der Waals surface area contributed by atoms with Gasteiger partial charge in [0.25, 0.3) is 0 Å². The minimum atomic E-state index is -4.43. The molecule has 10 heteroatoms. The maximum absolute atomic E-state index is 13.0. The zero-order valence-corrected chi connectivity index (χ0v) is 19.7. The Bertz CT molecular complexity index is 639. The largest absolute Gasteiger partial charge is 0.491 e. The van der Waals surface area contributed by atoms with E-state index >= 15 is 0 Å². The number of halogens is 4. The molecule has 0 radical (unpaired) electrons. The quantitative estimate of drug-likeness (QED) is 0.222. The molecule has 0 atom stereocenters. The highest BCUT2D eigenvalue weighted by Gasteiger charge is 2.34. The summed E-state index contributed by atoms with van der Waals surface area (Å²) in [7, 11) is 3.37. The first-order chi connectivity index (χ1) is 14.0. The number of nitrogens with one attached hydrogen (secondary N) is 1. The van der Waals surface area contributed by atoms with E-state index in [1.807, 2.05) is 0 Å². The van der Waals surface area contributed by atoms with Crippen LogP contribution in [0.3, 0.4) is 0 Å². The summed E-state index contributed by atoms with van der Waals surface area (Å²) in [4.78, 5) is 6.39. The number of likely N-dealkylation sites (tertiary alicyclic amines) is 1. The molecule has 6 nitrogen and oxygen atoms in total. The number of aliphatic imine (C=N–C) groups is 1. The number of hydrogen-bond acceptors (Lipinski definition) is 4. The van der Waals surface area contributed by atoms with Crippen LogP contribution in [0.4, 0.5) is 13.2 Å². The second-order valence-corrected chi connectivity index (χ2v) is 6.72. The van der Waals surface area contributed by atoms with Crippen LogP contribution in [0.15, 0.2) is 29.3 Å². The summed E-state index contributed by atoms with van der Waals surface area (Å²) in [6, 6.07) is 5.22. The summed E-state index contributed by atoms with van der Waals surface area (Å²) in [6.45, 7) is 3.48. The van der Waals surface area contributed by atoms with Crippen LogP contribution in [0.2, 0.25) is 0 Å². The van der Waals surface area contributed by atoms with Crippen LogP contribution >= 0.6 is 24.0 Å². The predicted molar refractivity (Wildman–Crippen MR) is 121 cm³/mol. The molecular formula is C20H31F3IN3O3. The second kappa shape index (κ2) is 13.9. The van der Waals surface area contributed by atoms with Gasteiger partial charge in [0.2, 0.25) is 0 Å². The van der Waals surface area contributed by atoms with Crippen LogP contribution in [-0.4, -0.2) is 70.6 Å². The van der Waals surface area contributed by atoms with Crippen LogP contribution in [0.25, 0.3) is 0 Å². The molecule has 1 aromatic carbocycles. The summed E-state index contributed by atoms with van der Waals surface area (Å²) in [6.07, 6.45) is -1.50. The highest BCUT2D eigenvalue weighted by Crippen LogP contribution is 2.35. The van der Waals surface area contributed by atoms with Crippen molar-refractivity contribution in [1.82, 2.24) is 10.2 Å². The first-order valence-corrected chi connectivity index (χ1v) is 9.81. The van der Waals surface area contributed by atoms with Gasteiger partial charge in [0, 0.05) is 40.5 Å². The highest BCUT2D eigenvalue weighted by atomic mass is 127. The van der Waals surface area contributed by atoms with Gasteiger partial charge in [-0.3, -0.25) is 4.99 Å². The topological polar surface area (TPSA) is 55.3 Å². The molecule has 0 unspecified atom stereocenters. The highest BCUT2D eigenvalue weighted by molar-refractivity contribution is 14.0. The molecular weight excluding hydrogens is 514 g/mol. The van der Waals surface area contributed by atoms with Crippen molar-refractivity contribution in [3.05, 3.63) is 29.8 Å². The number of ether oxygens (including phenoxy) is 3. The lowest BCUT2D eigenvalue weighted by molar-refractivity contribution is -0.138. The third-order valence-corrected chi connectivity index (χ3v) is 4.63. The molecule has 0 aliphatic carbocycles. The zero-order chi connectivity index (χ0) is 21.1. The minimum Gasteiger partial charge on any atom is -0.491 e. The molecule has 1 aromatic rings. The first-order valence-electron chi connectivity index (χ1n) is 9.81. The number of methoxy groups -OCH3 is 1. The van der Waals surface area contributed by atoms with E-state index in [1.165, 1.54) is 18.2 Å². The fraction of sp³-hybridized carbons (Fsp3) is 0.650. The normalized spacial score (nSPS) is 15.6. The van der Waals surface area contributed by atoms with Crippen molar-refractivity contribution in [2.75, 3.05) is 53.6 Å². The third kappa shape index (κ3) is 8.84. The molecule has 0 aromatic heterocycles. The van der Waals surface area contributed by atoms with Gasteiger partial charge >= 0.3 is 6.18 Å². The number of guanidine groups is 1. The van der Waals surface area contributed by atoms with E-state index in [0.717, 1.165) is 44.4 Å². The van der Waals surface area contributed by atoms with Crippen molar-refractivity contribution < 1.29 is 27.4 Å². The average molecular weight is 545 g/mol. The smallest absolute Gasteiger partial charge is 0.419 e. The number of hydrogen-bond donors (Lipinski definition) is 1. The predicted octanol–water partition coefficient (Wildman–Crippen LogP) is 3.80. The van der Waals surface area contributed by atoms with Crippen molar-refractivity contribution in [1.29, 1.82) is 0 Å². The lowest BCUT2D eigenvalue weighted by atomic mass is 10.1. The van der Waals surface area contributed by atoms with E-state index < -0.39 is 11.7 Å². The van der Waals surface area contributed by atoms with E-state index in [9.17, 15) is 13.2 Å². The van der Waals surface area contributed by atoms with E-state index in [1.54, 1.807) is 14.2 Å². The fourth-order valence-corrected chi connectivity index (χ4v) is 3.17.